The van der Waals surface area contributed by atoms with E-state index >= 15 is 0 Å². The molecule has 0 bridgehead atoms. The normalized spacial score (nSPS) is 12.2. The lowest BCUT2D eigenvalue weighted by atomic mass is 10.1. The van der Waals surface area contributed by atoms with Crippen LogP contribution >= 0.6 is 39.3 Å². The number of nitrogens with zero attached hydrogens (tertiary/aromatic N) is 2. The first kappa shape index (κ1) is 17.6. The average molecular weight is 422 g/mol. The molecule has 0 aliphatic heterocycles. The molecule has 1 atom stereocenters. The number of hydrogen-bond donors (Lipinski definition) is 0. The van der Waals surface area contributed by atoms with Gasteiger partial charge in [0, 0.05) is 38.6 Å². The fraction of sp³-hybridized carbons (Fsp3) is 0.211. The second-order valence-corrected chi connectivity index (χ2v) is 8.23. The van der Waals surface area contributed by atoms with Crippen LogP contribution in [0.25, 0.3) is 0 Å². The molecule has 1 aromatic heterocycles. The highest BCUT2D eigenvalue weighted by molar-refractivity contribution is 9.10. The van der Waals surface area contributed by atoms with Gasteiger partial charge in [-0.1, -0.05) is 35.9 Å². The third-order valence-electron chi connectivity index (χ3n) is 3.77. The fourth-order valence-electron chi connectivity index (χ4n) is 2.52. The van der Waals surface area contributed by atoms with Gasteiger partial charge in [0.25, 0.3) is 0 Å². The third-order valence-corrected chi connectivity index (χ3v) is 6.31. The molecular formula is C19H18BrClN2S. The number of thioether (sulfide) groups is 1. The van der Waals surface area contributed by atoms with Crippen LogP contribution in [0, 0.1) is 0 Å². The second-order valence-electron chi connectivity index (χ2n) is 5.59. The number of halogens is 2. The zero-order valence-electron chi connectivity index (χ0n) is 13.1. The summed E-state index contributed by atoms with van der Waals surface area (Å²) in [5, 5.41) is 1.25. The summed E-state index contributed by atoms with van der Waals surface area (Å²) in [7, 11) is 0. The van der Waals surface area contributed by atoms with Crippen molar-refractivity contribution in [1.29, 1.82) is 0 Å². The topological polar surface area (TPSA) is 17.8 Å². The Labute approximate surface area is 160 Å². The van der Waals surface area contributed by atoms with E-state index in [1.807, 2.05) is 48.7 Å². The maximum absolute atomic E-state index is 5.97. The molecule has 0 aliphatic rings. The van der Waals surface area contributed by atoms with Gasteiger partial charge in [-0.05, 0) is 58.6 Å². The SMILES string of the molecule is Clc1ccc(CCC(Cn2ccnc2)Sc2ccccc2Br)cc1. The van der Waals surface area contributed by atoms with Crippen LogP contribution < -0.4 is 0 Å². The first-order chi connectivity index (χ1) is 11.7. The molecule has 5 heteroatoms. The molecule has 1 heterocycles. The number of aromatic nitrogens is 2. The molecule has 0 radical (unpaired) electrons. The number of rotatable bonds is 7. The highest BCUT2D eigenvalue weighted by atomic mass is 79.9. The van der Waals surface area contributed by atoms with Crippen LogP contribution in [0.2, 0.25) is 5.02 Å². The van der Waals surface area contributed by atoms with Crippen molar-refractivity contribution in [3.63, 3.8) is 0 Å². The fourth-order valence-corrected chi connectivity index (χ4v) is 4.39. The summed E-state index contributed by atoms with van der Waals surface area (Å²) in [5.41, 5.74) is 1.32. The molecule has 0 aliphatic carbocycles. The lowest BCUT2D eigenvalue weighted by Crippen LogP contribution is -2.13. The summed E-state index contributed by atoms with van der Waals surface area (Å²) in [6.45, 7) is 0.944. The Morgan fingerprint density at radius 1 is 1.12 bits per heavy atom. The minimum absolute atomic E-state index is 0.466. The van der Waals surface area contributed by atoms with E-state index in [4.69, 9.17) is 11.6 Å². The van der Waals surface area contributed by atoms with Crippen molar-refractivity contribution in [3.05, 3.63) is 82.3 Å². The lowest BCUT2D eigenvalue weighted by molar-refractivity contribution is 0.624. The van der Waals surface area contributed by atoms with Gasteiger partial charge < -0.3 is 4.57 Å². The molecular weight excluding hydrogens is 404 g/mol. The van der Waals surface area contributed by atoms with Crippen LogP contribution in [0.4, 0.5) is 0 Å². The summed E-state index contributed by atoms with van der Waals surface area (Å²) in [6.07, 6.45) is 7.87. The van der Waals surface area contributed by atoms with E-state index in [1.54, 1.807) is 0 Å². The first-order valence-corrected chi connectivity index (χ1v) is 9.87. The standard InChI is InChI=1S/C19H18BrClN2S/c20-18-3-1-2-4-19(18)24-17(13-23-12-11-22-14-23)10-7-15-5-8-16(21)9-6-15/h1-6,8-9,11-12,14,17H,7,10,13H2. The zero-order valence-corrected chi connectivity index (χ0v) is 16.3. The highest BCUT2D eigenvalue weighted by Gasteiger charge is 2.13. The van der Waals surface area contributed by atoms with Gasteiger partial charge in [0.15, 0.2) is 0 Å². The molecule has 0 amide bonds. The Morgan fingerprint density at radius 2 is 1.92 bits per heavy atom. The Morgan fingerprint density at radius 3 is 2.62 bits per heavy atom. The Kier molecular flexibility index (Phi) is 6.41. The number of benzene rings is 2. The van der Waals surface area contributed by atoms with Gasteiger partial charge in [-0.15, -0.1) is 11.8 Å². The number of hydrogen-bond acceptors (Lipinski definition) is 2. The molecule has 0 spiro atoms. The van der Waals surface area contributed by atoms with E-state index in [1.165, 1.54) is 10.5 Å². The van der Waals surface area contributed by atoms with Crippen molar-refractivity contribution in [3.8, 4) is 0 Å². The molecule has 0 saturated carbocycles. The van der Waals surface area contributed by atoms with E-state index in [0.717, 1.165) is 28.9 Å². The second kappa shape index (κ2) is 8.75. The molecule has 124 valence electrons. The van der Waals surface area contributed by atoms with Crippen LogP contribution in [0.1, 0.15) is 12.0 Å². The van der Waals surface area contributed by atoms with Crippen molar-refractivity contribution in [2.24, 2.45) is 0 Å². The summed E-state index contributed by atoms with van der Waals surface area (Å²) in [5.74, 6) is 0. The Balaban J connectivity index is 1.69. The molecule has 0 saturated heterocycles. The Bertz CT molecular complexity index is 759. The number of imidazole rings is 1. The van der Waals surface area contributed by atoms with Crippen LogP contribution in [0.3, 0.4) is 0 Å². The van der Waals surface area contributed by atoms with Crippen molar-refractivity contribution in [2.45, 2.75) is 29.5 Å². The quantitative estimate of drug-likeness (QED) is 0.429. The van der Waals surface area contributed by atoms with Gasteiger partial charge in [0.2, 0.25) is 0 Å². The van der Waals surface area contributed by atoms with Crippen LogP contribution in [-0.2, 0) is 13.0 Å². The highest BCUT2D eigenvalue weighted by Crippen LogP contribution is 2.33. The molecule has 0 fully saturated rings. The van der Waals surface area contributed by atoms with Gasteiger partial charge in [-0.25, -0.2) is 4.98 Å². The Hall–Kier alpha value is -1.23. The smallest absolute Gasteiger partial charge is 0.0946 e. The third kappa shape index (κ3) is 5.13. The van der Waals surface area contributed by atoms with E-state index in [0.29, 0.717) is 5.25 Å². The van der Waals surface area contributed by atoms with Gasteiger partial charge in [-0.2, -0.15) is 0 Å². The largest absolute Gasteiger partial charge is 0.336 e. The van der Waals surface area contributed by atoms with Gasteiger partial charge in [0.05, 0.1) is 6.33 Å². The van der Waals surface area contributed by atoms with E-state index < -0.39 is 0 Å². The molecule has 0 N–H and O–H groups in total. The monoisotopic (exact) mass is 420 g/mol. The van der Waals surface area contributed by atoms with Crippen molar-refractivity contribution in [2.75, 3.05) is 0 Å². The van der Waals surface area contributed by atoms with Crippen LogP contribution in [0.5, 0.6) is 0 Å². The van der Waals surface area contributed by atoms with E-state index in [9.17, 15) is 0 Å². The van der Waals surface area contributed by atoms with E-state index in [2.05, 4.69) is 55.8 Å². The van der Waals surface area contributed by atoms with E-state index in [-0.39, 0.29) is 0 Å². The summed E-state index contributed by atoms with van der Waals surface area (Å²) < 4.78 is 3.30. The van der Waals surface area contributed by atoms with Gasteiger partial charge >= 0.3 is 0 Å². The lowest BCUT2D eigenvalue weighted by Gasteiger charge is -2.18. The molecule has 3 rings (SSSR count). The zero-order chi connectivity index (χ0) is 16.8. The first-order valence-electron chi connectivity index (χ1n) is 7.82. The molecule has 2 aromatic carbocycles. The molecule has 1 unspecified atom stereocenters. The van der Waals surface area contributed by atoms with Gasteiger partial charge in [-0.3, -0.25) is 0 Å². The van der Waals surface area contributed by atoms with Crippen LogP contribution in [0.15, 0.2) is 76.6 Å². The summed E-state index contributed by atoms with van der Waals surface area (Å²) in [4.78, 5) is 5.43. The summed E-state index contributed by atoms with van der Waals surface area (Å²) in [6, 6.07) is 16.5. The molecule has 3 aromatic rings. The molecule has 2 nitrogen and oxygen atoms in total. The van der Waals surface area contributed by atoms with Crippen LogP contribution in [-0.4, -0.2) is 14.8 Å². The predicted molar refractivity (Wildman–Crippen MR) is 106 cm³/mol. The maximum Gasteiger partial charge on any atom is 0.0946 e. The minimum atomic E-state index is 0.466. The molecule has 24 heavy (non-hydrogen) atoms. The van der Waals surface area contributed by atoms with Gasteiger partial charge in [0.1, 0.15) is 0 Å². The maximum atomic E-state index is 5.97. The van der Waals surface area contributed by atoms with Crippen molar-refractivity contribution < 1.29 is 0 Å². The number of aryl methyl sites for hydroxylation is 1. The van der Waals surface area contributed by atoms with Crippen molar-refractivity contribution >= 4 is 39.3 Å². The van der Waals surface area contributed by atoms with Crippen molar-refractivity contribution in [1.82, 2.24) is 9.55 Å². The predicted octanol–water partition coefficient (Wildman–Crippen LogP) is 6.09. The average Bonchev–Trinajstić information content (AvgIpc) is 3.09. The minimum Gasteiger partial charge on any atom is -0.336 e. The summed E-state index contributed by atoms with van der Waals surface area (Å²) >= 11 is 11.5.